The van der Waals surface area contributed by atoms with Gasteiger partial charge in [0.05, 0.1) is 0 Å². The molecule has 0 aromatic heterocycles. The molecule has 0 spiro atoms. The molecule has 3 heteroatoms. The fourth-order valence-corrected chi connectivity index (χ4v) is 8.12. The van der Waals surface area contributed by atoms with Gasteiger partial charge in [-0.15, -0.1) is 0 Å². The minimum atomic E-state index is -1.14. The van der Waals surface area contributed by atoms with Crippen molar-refractivity contribution in [3.8, 4) is 0 Å². The molecule has 1 fully saturated rings. The van der Waals surface area contributed by atoms with Gasteiger partial charge < -0.3 is 0 Å². The van der Waals surface area contributed by atoms with Gasteiger partial charge in [0.2, 0.25) is 0 Å². The Hall–Kier alpha value is 1.19. The fraction of sp³-hybridized carbons (Fsp3) is 1.00. The van der Waals surface area contributed by atoms with Gasteiger partial charge in [-0.3, -0.25) is 0 Å². The number of hydrogen-bond acceptors (Lipinski definition) is 1. The van der Waals surface area contributed by atoms with E-state index in [1.54, 1.807) is 0 Å². The van der Waals surface area contributed by atoms with Crippen molar-refractivity contribution in [2.24, 2.45) is 0 Å². The topological polar surface area (TPSA) is 9.23 Å². The molecule has 0 unspecified atom stereocenters. The maximum absolute atomic E-state index is 5.96. The van der Waals surface area contributed by atoms with Crippen LogP contribution in [0.3, 0.4) is 0 Å². The van der Waals surface area contributed by atoms with Crippen LogP contribution in [0.5, 0.6) is 0 Å². The monoisotopic (exact) mass is 336 g/mol. The van der Waals surface area contributed by atoms with Gasteiger partial charge in [0.15, 0.2) is 0 Å². The van der Waals surface area contributed by atoms with Gasteiger partial charge in [0.1, 0.15) is 0 Å². The van der Waals surface area contributed by atoms with Crippen LogP contribution in [-0.2, 0) is 28.1 Å². The molecule has 1 saturated carbocycles. The molecule has 50 valence electrons. The molecule has 0 heterocycles. The van der Waals surface area contributed by atoms with Crippen molar-refractivity contribution in [1.29, 1.82) is 0 Å². The van der Waals surface area contributed by atoms with Crippen LogP contribution in [0, 0.1) is 0 Å². The normalized spacial score (nSPS) is 23.8. The van der Waals surface area contributed by atoms with Crippen molar-refractivity contribution in [1.82, 2.24) is 0 Å². The van der Waals surface area contributed by atoms with E-state index in [1.165, 1.54) is 25.7 Å². The molecule has 1 nitrogen and oxygen atoms in total. The molecule has 0 bridgehead atoms. The van der Waals surface area contributed by atoms with Crippen molar-refractivity contribution in [2.75, 3.05) is 7.11 Å². The van der Waals surface area contributed by atoms with E-state index in [2.05, 4.69) is 0 Å². The molecule has 9 heavy (non-hydrogen) atoms. The average Bonchev–Trinajstić information content (AvgIpc) is 2.36. The summed E-state index contributed by atoms with van der Waals surface area (Å²) in [6, 6.07) is 0. The number of halogens is 1. The zero-order valence-electron chi connectivity index (χ0n) is 5.82. The third-order valence-electron chi connectivity index (χ3n) is 2.19. The van der Waals surface area contributed by atoms with Crippen LogP contribution < -0.4 is 0 Å². The van der Waals surface area contributed by atoms with E-state index in [-0.39, 0.29) is 3.11 Å². The Bertz CT molecular complexity index is 85.1. The Balaban J connectivity index is 2.45. The van der Waals surface area contributed by atoms with Crippen molar-refractivity contribution >= 4 is 8.25 Å². The number of hydrogen-bond donors (Lipinski definition) is 0. The van der Waals surface area contributed by atoms with Crippen LogP contribution in [0.4, 0.5) is 0 Å². The molecule has 0 N–H and O–H groups in total. The van der Waals surface area contributed by atoms with Gasteiger partial charge in [-0.25, -0.2) is 0 Å². The fourth-order valence-electron chi connectivity index (χ4n) is 1.41. The predicted molar refractivity (Wildman–Crippen MR) is 34.1 cm³/mol. The quantitative estimate of drug-likeness (QED) is 0.703. The van der Waals surface area contributed by atoms with E-state index in [0.717, 1.165) is 0 Å². The summed E-state index contributed by atoms with van der Waals surface area (Å²) >= 11 is -1.14. The summed E-state index contributed by atoms with van der Waals surface area (Å²) in [7, 11) is 7.78. The summed E-state index contributed by atoms with van der Waals surface area (Å²) in [5.41, 5.74) is 0. The minimum absolute atomic E-state index is 0.265. The zero-order chi connectivity index (χ0) is 6.74. The van der Waals surface area contributed by atoms with Crippen LogP contribution in [0.2, 0.25) is 0 Å². The van der Waals surface area contributed by atoms with Gasteiger partial charge in [0, 0.05) is 0 Å². The summed E-state index contributed by atoms with van der Waals surface area (Å²) in [6.07, 6.45) is 5.16. The summed E-state index contributed by atoms with van der Waals surface area (Å²) in [6.45, 7) is 0. The Kier molecular flexibility index (Phi) is 3.26. The van der Waals surface area contributed by atoms with Crippen LogP contribution in [0.15, 0.2) is 0 Å². The standard InChI is InChI=1S/C6H11O.ClH.Hg/c1-7-6-4-2-3-5-6;;/h2-5H2,1H3;1H;/q;;+1/p-1. The van der Waals surface area contributed by atoms with E-state index >= 15 is 0 Å². The van der Waals surface area contributed by atoms with E-state index in [9.17, 15) is 0 Å². The predicted octanol–water partition coefficient (Wildman–Crippen LogP) is 2.14. The Morgan fingerprint density at radius 2 is 2.00 bits per heavy atom. The van der Waals surface area contributed by atoms with Gasteiger partial charge in [0.25, 0.3) is 0 Å². The first-order valence-electron chi connectivity index (χ1n) is 3.44. The molecule has 1 aliphatic carbocycles. The second kappa shape index (κ2) is 3.54. The first-order chi connectivity index (χ1) is 4.33. The van der Waals surface area contributed by atoms with Gasteiger partial charge >= 0.3 is 72.2 Å². The SMILES string of the molecule is CO[C]1([Hg][Cl])CCCC1. The van der Waals surface area contributed by atoms with Crippen LogP contribution in [0.1, 0.15) is 25.7 Å². The molecule has 0 aliphatic heterocycles. The molecular weight excluding hydrogens is 324 g/mol. The van der Waals surface area contributed by atoms with Crippen molar-refractivity contribution in [3.05, 3.63) is 0 Å². The molecule has 0 saturated heterocycles. The molecule has 0 atom stereocenters. The van der Waals surface area contributed by atoms with E-state index in [4.69, 9.17) is 13.0 Å². The van der Waals surface area contributed by atoms with Gasteiger partial charge in [-0.2, -0.15) is 0 Å². The Labute approximate surface area is 72.0 Å². The molecule has 0 radical (unpaired) electrons. The summed E-state index contributed by atoms with van der Waals surface area (Å²) in [5, 5.41) is 0. The Morgan fingerprint density at radius 1 is 1.44 bits per heavy atom. The van der Waals surface area contributed by atoms with E-state index in [1.807, 2.05) is 7.11 Å². The molecule has 1 aliphatic rings. The first kappa shape index (κ1) is 8.28. The summed E-state index contributed by atoms with van der Waals surface area (Å²) in [5.74, 6) is 0. The zero-order valence-corrected chi connectivity index (χ0v) is 12.1. The van der Waals surface area contributed by atoms with Crippen LogP contribution >= 0.6 is 8.25 Å². The van der Waals surface area contributed by atoms with Crippen LogP contribution in [-0.4, -0.2) is 10.2 Å². The molecule has 1 rings (SSSR count). The summed E-state index contributed by atoms with van der Waals surface area (Å²) in [4.78, 5) is 0. The molecular formula is C6H11ClHgO. The number of rotatable bonds is 2. The van der Waals surface area contributed by atoms with E-state index in [0.29, 0.717) is 0 Å². The summed E-state index contributed by atoms with van der Waals surface area (Å²) < 4.78 is 5.68. The van der Waals surface area contributed by atoms with Crippen LogP contribution in [0.25, 0.3) is 0 Å². The number of methoxy groups -OCH3 is 1. The Morgan fingerprint density at radius 3 is 2.22 bits per heavy atom. The molecule has 0 aromatic rings. The maximum atomic E-state index is 5.96. The van der Waals surface area contributed by atoms with Crippen molar-refractivity contribution in [2.45, 2.75) is 28.8 Å². The van der Waals surface area contributed by atoms with E-state index < -0.39 is 23.3 Å². The second-order valence-electron chi connectivity index (χ2n) is 2.73. The second-order valence-corrected chi connectivity index (χ2v) is 11.1. The average molecular weight is 335 g/mol. The van der Waals surface area contributed by atoms with Crippen molar-refractivity contribution in [3.63, 3.8) is 0 Å². The third kappa shape index (κ3) is 1.81. The third-order valence-corrected chi connectivity index (χ3v) is 12.2. The first-order valence-corrected chi connectivity index (χ1v) is 13.0. The van der Waals surface area contributed by atoms with Gasteiger partial charge in [-0.1, -0.05) is 0 Å². The molecule has 0 aromatic carbocycles. The molecule has 0 amide bonds. The number of ether oxygens (including phenoxy) is 1. The van der Waals surface area contributed by atoms with Crippen molar-refractivity contribution < 1.29 is 28.1 Å². The van der Waals surface area contributed by atoms with Gasteiger partial charge in [-0.05, 0) is 0 Å².